The van der Waals surface area contributed by atoms with Crippen molar-refractivity contribution in [2.75, 3.05) is 13.1 Å². The molecule has 0 aromatic carbocycles. The third-order valence-electron chi connectivity index (χ3n) is 9.62. The van der Waals surface area contributed by atoms with E-state index in [1.165, 1.54) is 0 Å². The molecule has 1 unspecified atom stereocenters. The molecule has 5 aliphatic rings. The van der Waals surface area contributed by atoms with Gasteiger partial charge in [-0.1, -0.05) is 19.0 Å². The molecular weight excluding hydrogens is 400 g/mol. The Bertz CT molecular complexity index is 734. The Morgan fingerprint density at radius 1 is 0.967 bits per heavy atom. The van der Waals surface area contributed by atoms with Crippen LogP contribution in [0.15, 0.2) is 5.16 Å². The molecule has 6 atom stereocenters. The first-order valence-electron chi connectivity index (χ1n) is 11.9. The van der Waals surface area contributed by atoms with Crippen molar-refractivity contribution in [3.8, 4) is 0 Å². The fraction of sp³-hybridized carbons (Fsp3) is 0.875. The van der Waals surface area contributed by atoms with Gasteiger partial charge in [-0.05, 0) is 87.6 Å². The van der Waals surface area contributed by atoms with E-state index in [1.54, 1.807) is 0 Å². The van der Waals surface area contributed by atoms with Crippen LogP contribution >= 0.6 is 12.4 Å². The number of hydrogen-bond donors (Lipinski definition) is 1. The number of ketones is 2. The molecule has 0 radical (unpaired) electrons. The van der Waals surface area contributed by atoms with Gasteiger partial charge in [0.2, 0.25) is 0 Å². The highest BCUT2D eigenvalue weighted by molar-refractivity contribution is 5.93. The third kappa shape index (κ3) is 3.44. The Morgan fingerprint density at radius 3 is 2.50 bits per heavy atom. The lowest BCUT2D eigenvalue weighted by molar-refractivity contribution is -0.152. The Balaban J connectivity index is 0.00000218. The summed E-state index contributed by atoms with van der Waals surface area (Å²) < 4.78 is 0. The van der Waals surface area contributed by atoms with Gasteiger partial charge in [0.25, 0.3) is 0 Å². The van der Waals surface area contributed by atoms with Gasteiger partial charge in [-0.2, -0.15) is 0 Å². The maximum atomic E-state index is 13.3. The highest BCUT2D eigenvalue weighted by atomic mass is 35.5. The number of carbonyl (C=O) groups excluding carboxylic acids is 2. The fourth-order valence-corrected chi connectivity index (χ4v) is 7.75. The summed E-state index contributed by atoms with van der Waals surface area (Å²) in [7, 11) is 0. The van der Waals surface area contributed by atoms with E-state index in [9.17, 15) is 9.59 Å². The zero-order valence-electron chi connectivity index (χ0n) is 18.5. The lowest BCUT2D eigenvalue weighted by Gasteiger charge is -2.58. The van der Waals surface area contributed by atoms with Crippen LogP contribution in [-0.4, -0.2) is 36.5 Å². The van der Waals surface area contributed by atoms with Gasteiger partial charge in [-0.15, -0.1) is 12.4 Å². The molecule has 4 saturated carbocycles. The van der Waals surface area contributed by atoms with Crippen molar-refractivity contribution in [3.63, 3.8) is 0 Å². The second-order valence-corrected chi connectivity index (χ2v) is 10.9. The smallest absolute Gasteiger partial charge is 0.139 e. The maximum absolute atomic E-state index is 13.3. The topological polar surface area (TPSA) is 67.8 Å². The lowest BCUT2D eigenvalue weighted by atomic mass is 9.45. The fourth-order valence-electron chi connectivity index (χ4n) is 7.75. The van der Waals surface area contributed by atoms with Gasteiger partial charge in [0.05, 0.1) is 5.71 Å². The highest BCUT2D eigenvalue weighted by Crippen LogP contribution is 2.64. The van der Waals surface area contributed by atoms with E-state index in [-0.39, 0.29) is 35.3 Å². The molecule has 6 heteroatoms. The maximum Gasteiger partial charge on any atom is 0.139 e. The summed E-state index contributed by atoms with van der Waals surface area (Å²) in [6.07, 6.45) is 9.57. The van der Waals surface area contributed by atoms with E-state index in [1.807, 2.05) is 0 Å². The number of hydrogen-bond acceptors (Lipinski definition) is 5. The number of piperidine rings is 1. The van der Waals surface area contributed by atoms with Crippen molar-refractivity contribution < 1.29 is 14.4 Å². The summed E-state index contributed by atoms with van der Waals surface area (Å²) in [5.74, 6) is 2.39. The van der Waals surface area contributed by atoms with Crippen LogP contribution in [0.5, 0.6) is 0 Å². The molecule has 1 N–H and O–H groups in total. The van der Waals surface area contributed by atoms with Crippen molar-refractivity contribution in [2.24, 2.45) is 39.7 Å². The van der Waals surface area contributed by atoms with E-state index in [0.29, 0.717) is 35.7 Å². The standard InChI is InChI=1S/C24H36N2O3.ClH/c1-23-9-5-15(26-29-16-7-11-25-12-8-16)13-20(23)21(27)14-17-18-3-4-22(28)24(18,2)10-6-19(17)23;/h16-20,25H,3-14H2,1-2H3;1H/b26-15+;/t17-,18-,19-,20?,23+,24-;/m0./s1. The number of nitrogens with one attached hydrogen (secondary N) is 1. The predicted molar refractivity (Wildman–Crippen MR) is 119 cm³/mol. The SMILES string of the molecule is C[C@]12CC/C(=N\OC3CCNCC3)CC1C(=O)C[C@@H]1[C@@H]2CC[C@]2(C)C(=O)CC[C@@H]12.Cl. The van der Waals surface area contributed by atoms with Gasteiger partial charge < -0.3 is 10.2 Å². The van der Waals surface area contributed by atoms with Crippen molar-refractivity contribution >= 4 is 29.7 Å². The largest absolute Gasteiger partial charge is 0.392 e. The molecule has 1 aliphatic heterocycles. The van der Waals surface area contributed by atoms with Crippen LogP contribution in [0.4, 0.5) is 0 Å². The van der Waals surface area contributed by atoms with Crippen LogP contribution in [0.3, 0.4) is 0 Å². The van der Waals surface area contributed by atoms with Crippen molar-refractivity contribution in [1.29, 1.82) is 0 Å². The molecule has 4 aliphatic carbocycles. The zero-order chi connectivity index (χ0) is 20.2. The van der Waals surface area contributed by atoms with E-state index < -0.39 is 0 Å². The Kier molecular flexibility index (Phi) is 6.08. The third-order valence-corrected chi connectivity index (χ3v) is 9.62. The van der Waals surface area contributed by atoms with Crippen molar-refractivity contribution in [1.82, 2.24) is 5.32 Å². The number of Topliss-reactive ketones (excluding diaryl/α,β-unsaturated/α-hetero) is 2. The minimum absolute atomic E-state index is 0. The zero-order valence-corrected chi connectivity index (χ0v) is 19.3. The molecule has 0 aromatic rings. The first-order chi connectivity index (χ1) is 13.9. The normalized spacial score (nSPS) is 45.3. The van der Waals surface area contributed by atoms with Crippen LogP contribution in [-0.2, 0) is 14.4 Å². The summed E-state index contributed by atoms with van der Waals surface area (Å²) in [6.45, 7) is 6.56. The van der Waals surface area contributed by atoms with E-state index in [4.69, 9.17) is 4.84 Å². The molecule has 0 amide bonds. The molecule has 1 heterocycles. The molecular formula is C24H37ClN2O3. The van der Waals surface area contributed by atoms with Crippen LogP contribution < -0.4 is 5.32 Å². The number of rotatable bonds is 2. The summed E-state index contributed by atoms with van der Waals surface area (Å²) >= 11 is 0. The van der Waals surface area contributed by atoms with Crippen LogP contribution in [0.1, 0.15) is 78.1 Å². The lowest BCUT2D eigenvalue weighted by Crippen LogP contribution is -2.56. The van der Waals surface area contributed by atoms with Crippen LogP contribution in [0.25, 0.3) is 0 Å². The quantitative estimate of drug-likeness (QED) is 0.654. The second-order valence-electron chi connectivity index (χ2n) is 10.9. The molecule has 1 saturated heterocycles. The average molecular weight is 437 g/mol. The highest BCUT2D eigenvalue weighted by Gasteiger charge is 2.62. The molecule has 0 spiro atoms. The molecule has 168 valence electrons. The molecule has 5 nitrogen and oxygen atoms in total. The summed E-state index contributed by atoms with van der Waals surface area (Å²) in [5, 5.41) is 7.89. The molecule has 0 bridgehead atoms. The van der Waals surface area contributed by atoms with Gasteiger partial charge in [-0.25, -0.2) is 0 Å². The predicted octanol–water partition coefficient (Wildman–Crippen LogP) is 4.32. The first-order valence-corrected chi connectivity index (χ1v) is 11.9. The number of carbonyl (C=O) groups is 2. The van der Waals surface area contributed by atoms with Gasteiger partial charge in [0.1, 0.15) is 17.7 Å². The number of halogens is 1. The number of fused-ring (bicyclic) bond motifs is 5. The van der Waals surface area contributed by atoms with Crippen molar-refractivity contribution in [3.05, 3.63) is 0 Å². The van der Waals surface area contributed by atoms with E-state index in [0.717, 1.165) is 76.6 Å². The Hall–Kier alpha value is -0.940. The summed E-state index contributed by atoms with van der Waals surface area (Å²) in [4.78, 5) is 31.8. The molecule has 5 fully saturated rings. The molecule has 5 rings (SSSR count). The Morgan fingerprint density at radius 2 is 1.73 bits per heavy atom. The van der Waals surface area contributed by atoms with Crippen molar-refractivity contribution in [2.45, 2.75) is 84.2 Å². The molecule has 0 aromatic heterocycles. The minimum Gasteiger partial charge on any atom is -0.392 e. The Labute approximate surface area is 186 Å². The monoisotopic (exact) mass is 436 g/mol. The minimum atomic E-state index is -0.158. The van der Waals surface area contributed by atoms with E-state index >= 15 is 0 Å². The first kappa shape index (κ1) is 22.3. The summed E-state index contributed by atoms with van der Waals surface area (Å²) in [6, 6.07) is 0. The number of nitrogens with zero attached hydrogens (tertiary/aromatic N) is 1. The second kappa shape index (κ2) is 8.20. The summed E-state index contributed by atoms with van der Waals surface area (Å²) in [5.41, 5.74) is 1.00. The van der Waals surface area contributed by atoms with E-state index in [2.05, 4.69) is 24.3 Å². The van der Waals surface area contributed by atoms with Gasteiger partial charge in [-0.3, -0.25) is 9.59 Å². The van der Waals surface area contributed by atoms with Crippen LogP contribution in [0.2, 0.25) is 0 Å². The number of oxime groups is 1. The molecule has 30 heavy (non-hydrogen) atoms. The van der Waals surface area contributed by atoms with Gasteiger partial charge in [0.15, 0.2) is 0 Å². The van der Waals surface area contributed by atoms with Gasteiger partial charge >= 0.3 is 0 Å². The van der Waals surface area contributed by atoms with Crippen LogP contribution in [0, 0.1) is 34.5 Å². The van der Waals surface area contributed by atoms with Gasteiger partial charge in [0, 0.05) is 24.2 Å². The average Bonchev–Trinajstić information content (AvgIpc) is 3.03.